The molecule has 0 amide bonds. The molecule has 1 N–H and O–H groups in total. The van der Waals surface area contributed by atoms with E-state index < -0.39 is 23.8 Å². The molecule has 0 bridgehead atoms. The van der Waals surface area contributed by atoms with E-state index in [0.29, 0.717) is 24.7 Å². The lowest BCUT2D eigenvalue weighted by Crippen LogP contribution is -2.51. The molecular weight excluding hydrogens is 453 g/mol. The summed E-state index contributed by atoms with van der Waals surface area (Å²) in [6.45, 7) is 0.450. The van der Waals surface area contributed by atoms with E-state index in [-0.39, 0.29) is 6.04 Å². The van der Waals surface area contributed by atoms with Gasteiger partial charge >= 0.3 is 6.18 Å². The lowest BCUT2D eigenvalue weighted by atomic mass is 9.79. The molecule has 184 valence electrons. The van der Waals surface area contributed by atoms with Gasteiger partial charge in [-0.2, -0.15) is 18.3 Å². The van der Waals surface area contributed by atoms with Crippen LogP contribution in [0.1, 0.15) is 29.5 Å². The zero-order chi connectivity index (χ0) is 24.9. The van der Waals surface area contributed by atoms with Crippen molar-refractivity contribution in [2.24, 2.45) is 5.10 Å². The van der Waals surface area contributed by atoms with Gasteiger partial charge in [-0.25, -0.2) is 0 Å². The Morgan fingerprint density at radius 3 is 1.91 bits per heavy atom. The fourth-order valence-corrected chi connectivity index (χ4v) is 4.89. The van der Waals surface area contributed by atoms with Crippen LogP contribution in [0.15, 0.2) is 96.1 Å². The van der Waals surface area contributed by atoms with Crippen molar-refractivity contribution in [3.63, 3.8) is 0 Å². The SMILES string of the molecule is COC(c1ccccc1)(c1ccccc1)[C@@H]1CCCN1/N=C/[C@](O)(Cc1ccccc1)C(F)(F)F. The van der Waals surface area contributed by atoms with E-state index in [9.17, 15) is 18.3 Å². The molecule has 2 atom stereocenters. The highest BCUT2D eigenvalue weighted by atomic mass is 19.4. The number of hydrazone groups is 1. The van der Waals surface area contributed by atoms with Gasteiger partial charge in [-0.3, -0.25) is 5.01 Å². The molecule has 1 aliphatic rings. The molecule has 1 saturated heterocycles. The Morgan fingerprint density at radius 2 is 1.43 bits per heavy atom. The maximum Gasteiger partial charge on any atom is 0.422 e. The summed E-state index contributed by atoms with van der Waals surface area (Å²) < 4.78 is 48.2. The number of hydrogen-bond donors (Lipinski definition) is 1. The third kappa shape index (κ3) is 4.97. The van der Waals surface area contributed by atoms with Crippen molar-refractivity contribution in [1.29, 1.82) is 0 Å². The van der Waals surface area contributed by atoms with E-state index in [1.165, 1.54) is 0 Å². The quantitative estimate of drug-likeness (QED) is 0.428. The Hall–Kier alpha value is -3.16. The van der Waals surface area contributed by atoms with E-state index in [0.717, 1.165) is 17.5 Å². The average Bonchev–Trinajstić information content (AvgIpc) is 3.34. The summed E-state index contributed by atoms with van der Waals surface area (Å²) in [7, 11) is 1.61. The van der Waals surface area contributed by atoms with Crippen molar-refractivity contribution < 1.29 is 23.0 Å². The Labute approximate surface area is 203 Å². The number of methoxy groups -OCH3 is 1. The van der Waals surface area contributed by atoms with Crippen LogP contribution in [0.3, 0.4) is 0 Å². The predicted octanol–water partition coefficient (Wildman–Crippen LogP) is 5.56. The molecule has 3 aromatic rings. The summed E-state index contributed by atoms with van der Waals surface area (Å²) in [5.41, 5.74) is -1.91. The van der Waals surface area contributed by atoms with Crippen LogP contribution < -0.4 is 0 Å². The summed E-state index contributed by atoms with van der Waals surface area (Å²) in [4.78, 5) is 0. The van der Waals surface area contributed by atoms with Gasteiger partial charge in [0, 0.05) is 20.1 Å². The standard InChI is InChI=1S/C28H29F3N2O2/c1-35-27(23-14-7-3-8-15-23,24-16-9-4-10-17-24)25-18-11-19-33(25)32-21-26(34,28(29,30)31)20-22-12-5-2-6-13-22/h2-10,12-17,21,25,34H,11,18-20H2,1H3/b32-21+/t25-,26+/m0/s1. The third-order valence-electron chi connectivity index (χ3n) is 6.65. The predicted molar refractivity (Wildman–Crippen MR) is 130 cm³/mol. The number of halogens is 3. The van der Waals surface area contributed by atoms with Crippen LogP contribution in [0, 0.1) is 0 Å². The molecule has 1 aliphatic heterocycles. The molecule has 0 aromatic heterocycles. The second-order valence-electron chi connectivity index (χ2n) is 8.82. The second kappa shape index (κ2) is 10.2. The summed E-state index contributed by atoms with van der Waals surface area (Å²) in [6.07, 6.45) is -3.46. The summed E-state index contributed by atoms with van der Waals surface area (Å²) in [5.74, 6) is 0. The second-order valence-corrected chi connectivity index (χ2v) is 8.82. The van der Waals surface area contributed by atoms with Crippen molar-refractivity contribution in [3.8, 4) is 0 Å². The molecule has 4 rings (SSSR count). The Bertz CT molecular complexity index is 1070. The van der Waals surface area contributed by atoms with Crippen molar-refractivity contribution in [2.45, 2.75) is 42.7 Å². The van der Waals surface area contributed by atoms with Gasteiger partial charge < -0.3 is 9.84 Å². The largest absolute Gasteiger partial charge is 0.422 e. The minimum Gasteiger partial charge on any atom is -0.375 e. The highest BCUT2D eigenvalue weighted by molar-refractivity contribution is 5.70. The number of rotatable bonds is 8. The number of ether oxygens (including phenoxy) is 1. The molecule has 35 heavy (non-hydrogen) atoms. The first kappa shape index (κ1) is 24.9. The molecule has 0 saturated carbocycles. The molecule has 0 radical (unpaired) electrons. The minimum absolute atomic E-state index is 0.372. The highest BCUT2D eigenvalue weighted by Crippen LogP contribution is 2.43. The minimum atomic E-state index is -4.89. The van der Waals surface area contributed by atoms with Gasteiger partial charge in [-0.1, -0.05) is 91.0 Å². The zero-order valence-corrected chi connectivity index (χ0v) is 19.5. The average molecular weight is 483 g/mol. The first-order valence-corrected chi connectivity index (χ1v) is 11.6. The van der Waals surface area contributed by atoms with Crippen LogP contribution in [0.25, 0.3) is 0 Å². The fourth-order valence-electron chi connectivity index (χ4n) is 4.89. The van der Waals surface area contributed by atoms with Crippen LogP contribution in [-0.2, 0) is 16.8 Å². The van der Waals surface area contributed by atoms with Gasteiger partial charge in [0.25, 0.3) is 0 Å². The van der Waals surface area contributed by atoms with Crippen LogP contribution in [0.5, 0.6) is 0 Å². The molecule has 1 heterocycles. The van der Waals surface area contributed by atoms with E-state index in [1.807, 2.05) is 60.7 Å². The number of alkyl halides is 3. The van der Waals surface area contributed by atoms with Crippen molar-refractivity contribution >= 4 is 6.21 Å². The summed E-state index contributed by atoms with van der Waals surface area (Å²) in [6, 6.07) is 27.1. The monoisotopic (exact) mass is 482 g/mol. The maximum atomic E-state index is 14.0. The van der Waals surface area contributed by atoms with Crippen molar-refractivity contribution in [3.05, 3.63) is 108 Å². The number of nitrogens with zero attached hydrogens (tertiary/aromatic N) is 2. The van der Waals surface area contributed by atoms with Crippen molar-refractivity contribution in [2.75, 3.05) is 13.7 Å². The molecule has 3 aromatic carbocycles. The Kier molecular flexibility index (Phi) is 7.28. The van der Waals surface area contributed by atoms with Gasteiger partial charge in [-0.05, 0) is 29.5 Å². The molecular formula is C28H29F3N2O2. The summed E-state index contributed by atoms with van der Waals surface area (Å²) in [5, 5.41) is 16.6. The lowest BCUT2D eigenvalue weighted by Gasteiger charge is -2.42. The molecule has 1 fully saturated rings. The first-order valence-electron chi connectivity index (χ1n) is 11.6. The number of aliphatic hydroxyl groups is 1. The Balaban J connectivity index is 1.73. The fraction of sp³-hybridized carbons (Fsp3) is 0.321. The van der Waals surface area contributed by atoms with Crippen LogP contribution in [-0.4, -0.2) is 47.8 Å². The number of benzene rings is 3. The van der Waals surface area contributed by atoms with Gasteiger partial charge in [0.2, 0.25) is 5.60 Å². The van der Waals surface area contributed by atoms with Gasteiger partial charge in [0.15, 0.2) is 0 Å². The molecule has 0 aliphatic carbocycles. The third-order valence-corrected chi connectivity index (χ3v) is 6.65. The van der Waals surface area contributed by atoms with E-state index >= 15 is 0 Å². The molecule has 0 spiro atoms. The van der Waals surface area contributed by atoms with Crippen molar-refractivity contribution in [1.82, 2.24) is 5.01 Å². The van der Waals surface area contributed by atoms with E-state index in [4.69, 9.17) is 4.74 Å². The normalized spacial score (nSPS) is 18.7. The van der Waals surface area contributed by atoms with E-state index in [2.05, 4.69) is 5.10 Å². The first-order chi connectivity index (χ1) is 16.8. The zero-order valence-electron chi connectivity index (χ0n) is 19.5. The topological polar surface area (TPSA) is 45.1 Å². The van der Waals surface area contributed by atoms with Crippen LogP contribution >= 0.6 is 0 Å². The van der Waals surface area contributed by atoms with Gasteiger partial charge in [-0.15, -0.1) is 0 Å². The highest BCUT2D eigenvalue weighted by Gasteiger charge is 2.53. The summed E-state index contributed by atoms with van der Waals surface area (Å²) >= 11 is 0. The Morgan fingerprint density at radius 1 is 0.914 bits per heavy atom. The van der Waals surface area contributed by atoms with Gasteiger partial charge in [0.05, 0.1) is 12.3 Å². The lowest BCUT2D eigenvalue weighted by molar-refractivity contribution is -0.228. The molecule has 4 nitrogen and oxygen atoms in total. The van der Waals surface area contributed by atoms with Crippen LogP contribution in [0.4, 0.5) is 13.2 Å². The molecule has 0 unspecified atom stereocenters. The number of hydrogen-bond acceptors (Lipinski definition) is 4. The van der Waals surface area contributed by atoms with E-state index in [1.54, 1.807) is 42.5 Å². The molecule has 7 heteroatoms. The smallest absolute Gasteiger partial charge is 0.375 e. The van der Waals surface area contributed by atoms with Crippen LogP contribution in [0.2, 0.25) is 0 Å². The maximum absolute atomic E-state index is 14.0. The van der Waals surface area contributed by atoms with Gasteiger partial charge in [0.1, 0.15) is 5.60 Å².